The Bertz CT molecular complexity index is 858. The molecule has 6 nitrogen and oxygen atoms in total. The highest BCUT2D eigenvalue weighted by Crippen LogP contribution is 2.56. The molecule has 4 N–H and O–H groups in total. The van der Waals surface area contributed by atoms with Gasteiger partial charge >= 0.3 is 0 Å². The lowest BCUT2D eigenvalue weighted by Crippen LogP contribution is -2.59. The Morgan fingerprint density at radius 2 is 2.08 bits per heavy atom. The average Bonchev–Trinajstić information content (AvgIpc) is 2.91. The maximum Gasteiger partial charge on any atom is 0.252 e. The van der Waals surface area contributed by atoms with E-state index >= 15 is 0 Å². The zero-order valence-corrected chi connectivity index (χ0v) is 14.4. The third-order valence-corrected chi connectivity index (χ3v) is 6.71. The van der Waals surface area contributed by atoms with Crippen LogP contribution in [-0.4, -0.2) is 32.2 Å². The Hall–Kier alpha value is -2.08. The van der Waals surface area contributed by atoms with E-state index in [4.69, 9.17) is 5.73 Å². The Balaban J connectivity index is 1.56. The number of hydrogen-bond donors (Lipinski definition) is 3. The number of aromatic nitrogens is 2. The van der Waals surface area contributed by atoms with E-state index in [1.807, 2.05) is 23.9 Å². The molecule has 132 valence electrons. The van der Waals surface area contributed by atoms with Crippen molar-refractivity contribution in [2.45, 2.75) is 43.7 Å². The number of aryl methyl sites for hydroxylation is 1. The lowest BCUT2D eigenvalue weighted by atomic mass is 9.52. The minimum absolute atomic E-state index is 0.292. The second kappa shape index (κ2) is 4.97. The number of rotatable bonds is 3. The zero-order chi connectivity index (χ0) is 17.3. The van der Waals surface area contributed by atoms with Gasteiger partial charge in [-0.25, -0.2) is 4.98 Å². The minimum atomic E-state index is -0.457. The second-order valence-corrected chi connectivity index (χ2v) is 8.44. The molecule has 4 bridgehead atoms. The maximum absolute atomic E-state index is 12.0. The Morgan fingerprint density at radius 1 is 1.36 bits per heavy atom. The van der Waals surface area contributed by atoms with Crippen LogP contribution in [0.15, 0.2) is 18.5 Å². The molecule has 1 amide bonds. The molecule has 4 aliphatic carbocycles. The number of amides is 1. The molecule has 6 heteroatoms. The van der Waals surface area contributed by atoms with Crippen molar-refractivity contribution in [1.82, 2.24) is 9.55 Å². The highest BCUT2D eigenvalue weighted by atomic mass is 16.3. The molecular formula is C19H24N4O2. The molecule has 2 heterocycles. The first-order valence-electron chi connectivity index (χ1n) is 9.16. The number of aliphatic hydroxyl groups is 1. The van der Waals surface area contributed by atoms with Crippen LogP contribution in [-0.2, 0) is 7.05 Å². The first-order valence-corrected chi connectivity index (χ1v) is 9.16. The van der Waals surface area contributed by atoms with Crippen LogP contribution in [0.2, 0.25) is 0 Å². The van der Waals surface area contributed by atoms with Crippen LogP contribution >= 0.6 is 0 Å². The quantitative estimate of drug-likeness (QED) is 0.797. The van der Waals surface area contributed by atoms with E-state index < -0.39 is 11.5 Å². The predicted octanol–water partition coefficient (Wildman–Crippen LogP) is 2.02. The maximum atomic E-state index is 12.0. The number of pyridine rings is 1. The normalized spacial score (nSPS) is 36.1. The van der Waals surface area contributed by atoms with E-state index in [1.165, 1.54) is 12.8 Å². The lowest BCUT2D eigenvalue weighted by Gasteiger charge is -2.58. The molecule has 2 aromatic rings. The van der Waals surface area contributed by atoms with Gasteiger partial charge in [0.05, 0.1) is 16.9 Å². The van der Waals surface area contributed by atoms with Crippen molar-refractivity contribution >= 4 is 22.6 Å². The minimum Gasteiger partial charge on any atom is -0.390 e. The molecule has 4 saturated carbocycles. The summed E-state index contributed by atoms with van der Waals surface area (Å²) >= 11 is 0. The predicted molar refractivity (Wildman–Crippen MR) is 95.1 cm³/mol. The number of nitrogens with two attached hydrogens (primary N) is 1. The molecule has 2 unspecified atom stereocenters. The van der Waals surface area contributed by atoms with Gasteiger partial charge in [0.15, 0.2) is 0 Å². The Labute approximate surface area is 146 Å². The number of carbonyl (C=O) groups is 1. The number of carbonyl (C=O) groups excluding carboxylic acids is 1. The third kappa shape index (κ3) is 2.20. The van der Waals surface area contributed by atoms with Crippen LogP contribution in [0.5, 0.6) is 0 Å². The number of anilines is 1. The van der Waals surface area contributed by atoms with Crippen LogP contribution in [0.3, 0.4) is 0 Å². The van der Waals surface area contributed by atoms with Gasteiger partial charge in [0.2, 0.25) is 0 Å². The van der Waals surface area contributed by atoms with Crippen LogP contribution in [0.1, 0.15) is 42.5 Å². The summed E-state index contributed by atoms with van der Waals surface area (Å²) in [5.41, 5.74) is 7.26. The standard InChI is InChI=1S/C19H24N4O2/c1-23-3-2-13-16(14(17(20)24)9-21-18(13)23)22-15-11-4-10-5-12(15)8-19(25,6-10)7-11/h2-3,9-12,15,25H,4-8H2,1H3,(H2,20,24)(H,21,22)/t10-,11-,12?,15?,19+/m1/s1. The molecule has 0 radical (unpaired) electrons. The summed E-state index contributed by atoms with van der Waals surface area (Å²) in [6.07, 6.45) is 8.58. The molecule has 6 rings (SSSR count). The van der Waals surface area contributed by atoms with Crippen LogP contribution < -0.4 is 11.1 Å². The van der Waals surface area contributed by atoms with E-state index in [9.17, 15) is 9.90 Å². The topological polar surface area (TPSA) is 93.2 Å². The first-order chi connectivity index (χ1) is 11.9. The fraction of sp³-hybridized carbons (Fsp3) is 0.579. The van der Waals surface area contributed by atoms with Crippen LogP contribution in [0, 0.1) is 17.8 Å². The molecule has 25 heavy (non-hydrogen) atoms. The number of fused-ring (bicyclic) bond motifs is 1. The molecule has 0 aromatic carbocycles. The third-order valence-electron chi connectivity index (χ3n) is 6.71. The van der Waals surface area contributed by atoms with Crippen molar-refractivity contribution < 1.29 is 9.90 Å². The summed E-state index contributed by atoms with van der Waals surface area (Å²) in [4.78, 5) is 16.4. The SMILES string of the molecule is Cn1ccc2c(NC3C4C[C@H]5C[C@@H]3C[C@](O)(C4)C5)c(C(N)=O)cnc21. The van der Waals surface area contributed by atoms with Gasteiger partial charge in [0, 0.05) is 30.9 Å². The van der Waals surface area contributed by atoms with Crippen molar-refractivity contribution in [3.05, 3.63) is 24.0 Å². The van der Waals surface area contributed by atoms with Crippen molar-refractivity contribution in [2.75, 3.05) is 5.32 Å². The monoisotopic (exact) mass is 340 g/mol. The summed E-state index contributed by atoms with van der Waals surface area (Å²) in [6, 6.07) is 2.28. The highest BCUT2D eigenvalue weighted by Gasteiger charge is 2.54. The summed E-state index contributed by atoms with van der Waals surface area (Å²) in [5.74, 6) is 1.13. The second-order valence-electron chi connectivity index (χ2n) is 8.44. The lowest BCUT2D eigenvalue weighted by molar-refractivity contribution is -0.129. The Morgan fingerprint density at radius 3 is 2.72 bits per heavy atom. The molecular weight excluding hydrogens is 316 g/mol. The molecule has 0 spiro atoms. The average molecular weight is 340 g/mol. The Kier molecular flexibility index (Phi) is 3.02. The molecule has 5 atom stereocenters. The molecule has 4 aliphatic rings. The molecule has 2 aromatic heterocycles. The number of nitrogens with zero attached hydrogens (tertiary/aromatic N) is 2. The van der Waals surface area contributed by atoms with E-state index in [2.05, 4.69) is 10.3 Å². The van der Waals surface area contributed by atoms with Gasteiger partial charge < -0.3 is 20.7 Å². The molecule has 0 aliphatic heterocycles. The van der Waals surface area contributed by atoms with E-state index in [0.717, 1.165) is 36.0 Å². The highest BCUT2D eigenvalue weighted by molar-refractivity contribution is 6.06. The van der Waals surface area contributed by atoms with Gasteiger partial charge in [-0.1, -0.05) is 0 Å². The van der Waals surface area contributed by atoms with E-state index in [0.29, 0.717) is 29.4 Å². The van der Waals surface area contributed by atoms with Crippen molar-refractivity contribution in [3.63, 3.8) is 0 Å². The first kappa shape index (κ1) is 15.2. The van der Waals surface area contributed by atoms with Crippen LogP contribution in [0.25, 0.3) is 11.0 Å². The molecule has 4 fully saturated rings. The van der Waals surface area contributed by atoms with Gasteiger partial charge in [-0.3, -0.25) is 4.79 Å². The smallest absolute Gasteiger partial charge is 0.252 e. The van der Waals surface area contributed by atoms with Crippen molar-refractivity contribution in [1.29, 1.82) is 0 Å². The summed E-state index contributed by atoms with van der Waals surface area (Å²) < 4.78 is 1.95. The fourth-order valence-corrected chi connectivity index (χ4v) is 5.94. The van der Waals surface area contributed by atoms with Crippen molar-refractivity contribution in [3.8, 4) is 0 Å². The zero-order valence-electron chi connectivity index (χ0n) is 14.4. The van der Waals surface area contributed by atoms with Gasteiger partial charge in [0.25, 0.3) is 5.91 Å². The van der Waals surface area contributed by atoms with Gasteiger partial charge in [-0.2, -0.15) is 0 Å². The fourth-order valence-electron chi connectivity index (χ4n) is 5.94. The number of primary amides is 1. The van der Waals surface area contributed by atoms with Crippen LogP contribution in [0.4, 0.5) is 5.69 Å². The molecule has 0 saturated heterocycles. The van der Waals surface area contributed by atoms with Gasteiger partial charge in [-0.05, 0) is 55.9 Å². The van der Waals surface area contributed by atoms with Crippen molar-refractivity contribution in [2.24, 2.45) is 30.5 Å². The van der Waals surface area contributed by atoms with E-state index in [-0.39, 0.29) is 0 Å². The summed E-state index contributed by atoms with van der Waals surface area (Å²) in [5, 5.41) is 15.4. The number of nitrogens with one attached hydrogen (secondary N) is 1. The van der Waals surface area contributed by atoms with Gasteiger partial charge in [-0.15, -0.1) is 0 Å². The number of hydrogen-bond acceptors (Lipinski definition) is 4. The van der Waals surface area contributed by atoms with Gasteiger partial charge in [0.1, 0.15) is 5.65 Å². The largest absolute Gasteiger partial charge is 0.390 e. The summed E-state index contributed by atoms with van der Waals surface area (Å²) in [6.45, 7) is 0. The summed E-state index contributed by atoms with van der Waals surface area (Å²) in [7, 11) is 1.95. The van der Waals surface area contributed by atoms with E-state index in [1.54, 1.807) is 6.20 Å².